The second kappa shape index (κ2) is 6.35. The Kier molecular flexibility index (Phi) is 6.29. The van der Waals surface area contributed by atoms with E-state index in [9.17, 15) is 0 Å². The quantitative estimate of drug-likeness (QED) is 0.356. The maximum atomic E-state index is 5.36. The molecule has 0 rings (SSSR count). The van der Waals surface area contributed by atoms with Crippen LogP contribution in [0.3, 0.4) is 0 Å². The number of hydrogen-bond donors (Lipinski definition) is 0. The van der Waals surface area contributed by atoms with Crippen molar-refractivity contribution in [2.45, 2.75) is 39.2 Å². The summed E-state index contributed by atoms with van der Waals surface area (Å²) in [6, 6.07) is 0. The molecule has 0 aromatic rings. The van der Waals surface area contributed by atoms with Gasteiger partial charge in [0.2, 0.25) is 10.5 Å². The van der Waals surface area contributed by atoms with Gasteiger partial charge in [-0.15, -0.1) is 0 Å². The van der Waals surface area contributed by atoms with Gasteiger partial charge in [0, 0.05) is 6.61 Å². The third-order valence-electron chi connectivity index (χ3n) is 1.69. The molecule has 0 aliphatic heterocycles. The van der Waals surface area contributed by atoms with Gasteiger partial charge in [-0.2, -0.15) is 0 Å². The molecule has 0 amide bonds. The van der Waals surface area contributed by atoms with Crippen LogP contribution in [0.1, 0.15) is 33.6 Å². The van der Waals surface area contributed by atoms with Crippen LogP contribution >= 0.6 is 0 Å². The van der Waals surface area contributed by atoms with Crippen molar-refractivity contribution in [2.75, 3.05) is 13.2 Å². The molecule has 0 N–H and O–H groups in total. The number of rotatable bonds is 7. The predicted molar refractivity (Wildman–Crippen MR) is 55.8 cm³/mol. The smallest absolute Gasteiger partial charge is 0.246 e. The number of ether oxygens (including phenoxy) is 1. The Morgan fingerprint density at radius 3 is 2.54 bits per heavy atom. The lowest BCUT2D eigenvalue weighted by Gasteiger charge is -2.22. The van der Waals surface area contributed by atoms with E-state index < -0.39 is 0 Å². The molecule has 0 saturated heterocycles. The van der Waals surface area contributed by atoms with E-state index in [1.165, 1.54) is 0 Å². The SMILES string of the molecule is C=C(C)COCCCC(C)(C)O[Si]. The minimum Gasteiger partial charge on any atom is -0.414 e. The van der Waals surface area contributed by atoms with Crippen LogP contribution in [0.15, 0.2) is 12.2 Å². The summed E-state index contributed by atoms with van der Waals surface area (Å²) in [5.74, 6) is 0. The molecular formula is C10H19O2Si. The first-order chi connectivity index (χ1) is 5.98. The standard InChI is InChI=1S/C10H19O2Si/c1-9(2)8-11-7-5-6-10(3,4)12-13/h1,5-8H2,2-4H3. The molecule has 0 aromatic carbocycles. The number of hydrogen-bond acceptors (Lipinski definition) is 2. The Morgan fingerprint density at radius 1 is 1.46 bits per heavy atom. The Bertz CT molecular complexity index is 155. The lowest BCUT2D eigenvalue weighted by Crippen LogP contribution is -2.23. The summed E-state index contributed by atoms with van der Waals surface area (Å²) in [5.41, 5.74) is 0.958. The summed E-state index contributed by atoms with van der Waals surface area (Å²) < 4.78 is 10.5. The highest BCUT2D eigenvalue weighted by atomic mass is 28.2. The van der Waals surface area contributed by atoms with Crippen molar-refractivity contribution in [1.82, 2.24) is 0 Å². The fraction of sp³-hybridized carbons (Fsp3) is 0.800. The summed E-state index contributed by atoms with van der Waals surface area (Å²) in [5, 5.41) is 0. The Balaban J connectivity index is 3.30. The molecule has 3 heteroatoms. The third-order valence-corrected chi connectivity index (χ3v) is 2.24. The van der Waals surface area contributed by atoms with Crippen molar-refractivity contribution in [3.8, 4) is 0 Å². The van der Waals surface area contributed by atoms with E-state index in [-0.39, 0.29) is 5.60 Å². The predicted octanol–water partition coefficient (Wildman–Crippen LogP) is 2.24. The van der Waals surface area contributed by atoms with Crippen LogP contribution in [-0.4, -0.2) is 29.3 Å². The minimum absolute atomic E-state index is 0.108. The van der Waals surface area contributed by atoms with Crippen LogP contribution < -0.4 is 0 Å². The van der Waals surface area contributed by atoms with E-state index in [1.54, 1.807) is 0 Å². The Labute approximate surface area is 84.9 Å². The van der Waals surface area contributed by atoms with E-state index in [4.69, 9.17) is 9.16 Å². The van der Waals surface area contributed by atoms with Gasteiger partial charge in [0.05, 0.1) is 12.2 Å². The normalized spacial score (nSPS) is 11.7. The van der Waals surface area contributed by atoms with Gasteiger partial charge in [0.25, 0.3) is 0 Å². The van der Waals surface area contributed by atoms with Gasteiger partial charge in [-0.05, 0) is 33.6 Å². The van der Waals surface area contributed by atoms with Crippen LogP contribution in [0.2, 0.25) is 0 Å². The molecule has 3 radical (unpaired) electrons. The average molecular weight is 199 g/mol. The molecule has 13 heavy (non-hydrogen) atoms. The summed E-state index contributed by atoms with van der Waals surface area (Å²) >= 11 is 0. The van der Waals surface area contributed by atoms with E-state index in [1.807, 2.05) is 20.8 Å². The second-order valence-electron chi connectivity index (χ2n) is 3.98. The van der Waals surface area contributed by atoms with Crippen LogP contribution in [0, 0.1) is 0 Å². The molecule has 0 aromatic heterocycles. The maximum Gasteiger partial charge on any atom is 0.246 e. The zero-order valence-corrected chi connectivity index (χ0v) is 9.85. The molecule has 0 fully saturated rings. The highest BCUT2D eigenvalue weighted by Gasteiger charge is 2.14. The molecule has 0 unspecified atom stereocenters. The van der Waals surface area contributed by atoms with Crippen molar-refractivity contribution in [2.24, 2.45) is 0 Å². The third kappa shape index (κ3) is 8.21. The Hall–Kier alpha value is -0.123. The highest BCUT2D eigenvalue weighted by molar-refractivity contribution is 5.98. The fourth-order valence-electron chi connectivity index (χ4n) is 0.897. The molecule has 0 heterocycles. The molecule has 0 spiro atoms. The molecule has 0 bridgehead atoms. The zero-order chi connectivity index (χ0) is 10.3. The maximum absolute atomic E-state index is 5.36. The molecule has 0 aliphatic carbocycles. The van der Waals surface area contributed by atoms with Crippen molar-refractivity contribution in [3.05, 3.63) is 12.2 Å². The molecule has 0 atom stereocenters. The zero-order valence-electron chi connectivity index (χ0n) is 8.85. The van der Waals surface area contributed by atoms with Crippen LogP contribution in [0.5, 0.6) is 0 Å². The van der Waals surface area contributed by atoms with Gasteiger partial charge >= 0.3 is 0 Å². The van der Waals surface area contributed by atoms with Crippen LogP contribution in [0.25, 0.3) is 0 Å². The van der Waals surface area contributed by atoms with Crippen molar-refractivity contribution in [1.29, 1.82) is 0 Å². The first-order valence-corrected chi connectivity index (χ1v) is 4.95. The van der Waals surface area contributed by atoms with Crippen LogP contribution in [-0.2, 0) is 9.16 Å². The van der Waals surface area contributed by atoms with Crippen molar-refractivity contribution >= 4 is 10.5 Å². The van der Waals surface area contributed by atoms with Gasteiger partial charge < -0.3 is 9.16 Å². The minimum atomic E-state index is -0.108. The largest absolute Gasteiger partial charge is 0.414 e. The van der Waals surface area contributed by atoms with Gasteiger partial charge in [-0.1, -0.05) is 12.2 Å². The summed E-state index contributed by atoms with van der Waals surface area (Å²) in [4.78, 5) is 0. The van der Waals surface area contributed by atoms with Crippen molar-refractivity contribution < 1.29 is 9.16 Å². The molecule has 0 saturated carbocycles. The lowest BCUT2D eigenvalue weighted by atomic mass is 10.0. The second-order valence-corrected chi connectivity index (χ2v) is 4.18. The molecular weight excluding hydrogens is 180 g/mol. The summed E-state index contributed by atoms with van der Waals surface area (Å²) in [6.45, 7) is 11.2. The van der Waals surface area contributed by atoms with E-state index in [0.717, 1.165) is 25.0 Å². The van der Waals surface area contributed by atoms with E-state index in [0.29, 0.717) is 6.61 Å². The van der Waals surface area contributed by atoms with Gasteiger partial charge in [0.15, 0.2) is 0 Å². The van der Waals surface area contributed by atoms with E-state index >= 15 is 0 Å². The average Bonchev–Trinajstić information content (AvgIpc) is 2.03. The van der Waals surface area contributed by atoms with Crippen molar-refractivity contribution in [3.63, 3.8) is 0 Å². The van der Waals surface area contributed by atoms with Crippen LogP contribution in [0.4, 0.5) is 0 Å². The molecule has 2 nitrogen and oxygen atoms in total. The topological polar surface area (TPSA) is 18.5 Å². The highest BCUT2D eigenvalue weighted by Crippen LogP contribution is 2.14. The summed E-state index contributed by atoms with van der Waals surface area (Å²) in [7, 11) is 3.06. The summed E-state index contributed by atoms with van der Waals surface area (Å²) in [6.07, 6.45) is 1.98. The first kappa shape index (κ1) is 12.9. The van der Waals surface area contributed by atoms with Gasteiger partial charge in [0.1, 0.15) is 0 Å². The van der Waals surface area contributed by atoms with Gasteiger partial charge in [-0.3, -0.25) is 0 Å². The molecule has 0 aliphatic rings. The molecule has 75 valence electrons. The van der Waals surface area contributed by atoms with Gasteiger partial charge in [-0.25, -0.2) is 0 Å². The monoisotopic (exact) mass is 199 g/mol. The first-order valence-electron chi connectivity index (χ1n) is 4.55. The Morgan fingerprint density at radius 2 is 2.08 bits per heavy atom. The van der Waals surface area contributed by atoms with E-state index in [2.05, 4.69) is 17.1 Å². The fourth-order valence-corrected chi connectivity index (χ4v) is 0.999. The lowest BCUT2D eigenvalue weighted by molar-refractivity contribution is 0.0865.